The van der Waals surface area contributed by atoms with Gasteiger partial charge in [-0.2, -0.15) is 0 Å². The number of rotatable bonds is 5. The molecule has 0 spiro atoms. The number of halogens is 1. The zero-order valence-corrected chi connectivity index (χ0v) is 15.9. The molecule has 27 heavy (non-hydrogen) atoms. The number of nitrogens with zero attached hydrogens (tertiary/aromatic N) is 4. The highest BCUT2D eigenvalue weighted by Crippen LogP contribution is 2.11. The molecule has 8 heteroatoms. The number of anilines is 1. The number of aromatic nitrogens is 2. The first-order chi connectivity index (χ1) is 13.0. The molecule has 2 aromatic rings. The molecule has 1 aromatic carbocycles. The van der Waals surface area contributed by atoms with Gasteiger partial charge in [-0.3, -0.25) is 9.59 Å². The number of benzene rings is 1. The molecule has 0 atom stereocenters. The number of hydrogen-bond acceptors (Lipinski definition) is 5. The van der Waals surface area contributed by atoms with Gasteiger partial charge >= 0.3 is 0 Å². The summed E-state index contributed by atoms with van der Waals surface area (Å²) < 4.78 is 0. The molecule has 0 saturated carbocycles. The van der Waals surface area contributed by atoms with Gasteiger partial charge in [-0.15, -0.1) is 10.2 Å². The molecular formula is C19H22ClN5O2. The van der Waals surface area contributed by atoms with Gasteiger partial charge in [0, 0.05) is 44.7 Å². The van der Waals surface area contributed by atoms with E-state index in [1.165, 1.54) is 5.56 Å². The predicted octanol–water partition coefficient (Wildman–Crippen LogP) is 2.09. The predicted molar refractivity (Wildman–Crippen MR) is 104 cm³/mol. The average molecular weight is 388 g/mol. The molecule has 1 N–H and O–H groups in total. The third-order valence-corrected chi connectivity index (χ3v) is 4.78. The van der Waals surface area contributed by atoms with Gasteiger partial charge < -0.3 is 15.1 Å². The fourth-order valence-electron chi connectivity index (χ4n) is 2.91. The fourth-order valence-corrected chi connectivity index (χ4v) is 3.04. The van der Waals surface area contributed by atoms with Crippen LogP contribution < -0.4 is 5.32 Å². The molecule has 0 radical (unpaired) electrons. The number of piperazine rings is 1. The van der Waals surface area contributed by atoms with E-state index in [1.807, 2.05) is 24.3 Å². The van der Waals surface area contributed by atoms with E-state index in [9.17, 15) is 9.59 Å². The summed E-state index contributed by atoms with van der Waals surface area (Å²) in [4.78, 5) is 27.3. The minimum atomic E-state index is -0.154. The standard InChI is InChI=1S/C19H22ClN5O2/c1-14(26)24-10-12-25(13-11-24)19(27)17-6-7-18(23-22-17)21-9-8-15-2-4-16(20)5-3-15/h2-7H,8-13H2,1H3,(H,21,23). The highest BCUT2D eigenvalue weighted by Gasteiger charge is 2.24. The molecule has 1 aromatic heterocycles. The number of amides is 2. The third kappa shape index (κ3) is 5.17. The van der Waals surface area contributed by atoms with Crippen LogP contribution >= 0.6 is 11.6 Å². The van der Waals surface area contributed by atoms with E-state index >= 15 is 0 Å². The van der Waals surface area contributed by atoms with E-state index in [0.717, 1.165) is 11.4 Å². The van der Waals surface area contributed by atoms with Crippen molar-refractivity contribution in [3.8, 4) is 0 Å². The third-order valence-electron chi connectivity index (χ3n) is 4.53. The lowest BCUT2D eigenvalue weighted by molar-refractivity contribution is -0.130. The van der Waals surface area contributed by atoms with Crippen LogP contribution in [0.5, 0.6) is 0 Å². The quantitative estimate of drug-likeness (QED) is 0.849. The largest absolute Gasteiger partial charge is 0.368 e. The second kappa shape index (κ2) is 8.81. The lowest BCUT2D eigenvalue weighted by Crippen LogP contribution is -2.50. The van der Waals surface area contributed by atoms with Gasteiger partial charge in [-0.25, -0.2) is 0 Å². The normalized spacial score (nSPS) is 14.1. The average Bonchev–Trinajstić information content (AvgIpc) is 2.69. The number of hydrogen-bond donors (Lipinski definition) is 1. The second-order valence-electron chi connectivity index (χ2n) is 6.41. The zero-order chi connectivity index (χ0) is 19.2. The summed E-state index contributed by atoms with van der Waals surface area (Å²) in [7, 11) is 0. The van der Waals surface area contributed by atoms with Crippen LogP contribution in [0.1, 0.15) is 23.0 Å². The Kier molecular flexibility index (Phi) is 6.24. The Hall–Kier alpha value is -2.67. The van der Waals surface area contributed by atoms with Crippen LogP contribution in [-0.4, -0.2) is 64.5 Å². The zero-order valence-electron chi connectivity index (χ0n) is 15.2. The maximum atomic E-state index is 12.5. The fraction of sp³-hybridized carbons (Fsp3) is 0.368. The van der Waals surface area contributed by atoms with Crippen molar-refractivity contribution in [1.29, 1.82) is 0 Å². The van der Waals surface area contributed by atoms with Crippen LogP contribution in [0.3, 0.4) is 0 Å². The summed E-state index contributed by atoms with van der Waals surface area (Å²) in [5, 5.41) is 12.1. The van der Waals surface area contributed by atoms with Crippen molar-refractivity contribution in [3.63, 3.8) is 0 Å². The molecule has 1 aliphatic rings. The van der Waals surface area contributed by atoms with Gasteiger partial charge in [0.15, 0.2) is 5.69 Å². The van der Waals surface area contributed by atoms with Crippen molar-refractivity contribution in [2.45, 2.75) is 13.3 Å². The van der Waals surface area contributed by atoms with Crippen LogP contribution in [0.2, 0.25) is 5.02 Å². The van der Waals surface area contributed by atoms with E-state index in [2.05, 4.69) is 15.5 Å². The van der Waals surface area contributed by atoms with Gasteiger partial charge in [0.25, 0.3) is 5.91 Å². The van der Waals surface area contributed by atoms with Crippen molar-refractivity contribution in [2.24, 2.45) is 0 Å². The Balaban J connectivity index is 1.48. The highest BCUT2D eigenvalue weighted by molar-refractivity contribution is 6.30. The summed E-state index contributed by atoms with van der Waals surface area (Å²) in [5.41, 5.74) is 1.49. The first-order valence-electron chi connectivity index (χ1n) is 8.90. The minimum absolute atomic E-state index is 0.0379. The molecule has 0 aliphatic carbocycles. The van der Waals surface area contributed by atoms with Crippen molar-refractivity contribution in [3.05, 3.63) is 52.7 Å². The van der Waals surface area contributed by atoms with Crippen molar-refractivity contribution >= 4 is 29.2 Å². The van der Waals surface area contributed by atoms with E-state index in [4.69, 9.17) is 11.6 Å². The van der Waals surface area contributed by atoms with Gasteiger partial charge in [0.05, 0.1) is 0 Å². The first kappa shape index (κ1) is 19.1. The molecule has 1 fully saturated rings. The number of carbonyl (C=O) groups is 2. The van der Waals surface area contributed by atoms with Crippen molar-refractivity contribution < 1.29 is 9.59 Å². The Bertz CT molecular complexity index is 787. The molecule has 2 heterocycles. The Morgan fingerprint density at radius 2 is 1.67 bits per heavy atom. The highest BCUT2D eigenvalue weighted by atomic mass is 35.5. The second-order valence-corrected chi connectivity index (χ2v) is 6.84. The van der Waals surface area contributed by atoms with Gasteiger partial charge in [-0.1, -0.05) is 23.7 Å². The SMILES string of the molecule is CC(=O)N1CCN(C(=O)c2ccc(NCCc3ccc(Cl)cc3)nn2)CC1. The monoisotopic (exact) mass is 387 g/mol. The number of carbonyl (C=O) groups excluding carboxylic acids is 2. The Morgan fingerprint density at radius 3 is 2.26 bits per heavy atom. The molecule has 0 unspecified atom stereocenters. The molecule has 1 saturated heterocycles. The topological polar surface area (TPSA) is 78.4 Å². The summed E-state index contributed by atoms with van der Waals surface area (Å²) in [5.74, 6) is 0.510. The van der Waals surface area contributed by atoms with Crippen LogP contribution in [0, 0.1) is 0 Å². The van der Waals surface area contributed by atoms with E-state index in [0.29, 0.717) is 44.2 Å². The molecule has 142 valence electrons. The summed E-state index contributed by atoms with van der Waals surface area (Å²) in [6.45, 7) is 4.39. The van der Waals surface area contributed by atoms with E-state index < -0.39 is 0 Å². The molecular weight excluding hydrogens is 366 g/mol. The van der Waals surface area contributed by atoms with Crippen molar-refractivity contribution in [2.75, 3.05) is 38.0 Å². The molecule has 2 amide bonds. The van der Waals surface area contributed by atoms with Crippen LogP contribution in [-0.2, 0) is 11.2 Å². The minimum Gasteiger partial charge on any atom is -0.368 e. The summed E-state index contributed by atoms with van der Waals surface area (Å²) in [6, 6.07) is 11.2. The lowest BCUT2D eigenvalue weighted by Gasteiger charge is -2.33. The Morgan fingerprint density at radius 1 is 1.00 bits per heavy atom. The van der Waals surface area contributed by atoms with Gasteiger partial charge in [-0.05, 0) is 36.2 Å². The number of nitrogens with one attached hydrogen (secondary N) is 1. The Labute approximate surface area is 163 Å². The van der Waals surface area contributed by atoms with Crippen molar-refractivity contribution in [1.82, 2.24) is 20.0 Å². The van der Waals surface area contributed by atoms with Crippen LogP contribution in [0.4, 0.5) is 5.82 Å². The van der Waals surface area contributed by atoms with Gasteiger partial charge in [0.2, 0.25) is 5.91 Å². The summed E-state index contributed by atoms with van der Waals surface area (Å²) in [6.07, 6.45) is 0.833. The van der Waals surface area contributed by atoms with E-state index in [1.54, 1.807) is 28.9 Å². The smallest absolute Gasteiger partial charge is 0.274 e. The molecule has 1 aliphatic heterocycles. The van der Waals surface area contributed by atoms with E-state index in [-0.39, 0.29) is 11.8 Å². The maximum Gasteiger partial charge on any atom is 0.274 e. The summed E-state index contributed by atoms with van der Waals surface area (Å²) >= 11 is 5.88. The van der Waals surface area contributed by atoms with Crippen LogP contribution in [0.15, 0.2) is 36.4 Å². The van der Waals surface area contributed by atoms with Gasteiger partial charge in [0.1, 0.15) is 5.82 Å². The molecule has 7 nitrogen and oxygen atoms in total. The van der Waals surface area contributed by atoms with Crippen LogP contribution in [0.25, 0.3) is 0 Å². The maximum absolute atomic E-state index is 12.5. The lowest BCUT2D eigenvalue weighted by atomic mass is 10.1. The first-order valence-corrected chi connectivity index (χ1v) is 9.27. The molecule has 0 bridgehead atoms. The molecule has 3 rings (SSSR count).